The molecule has 0 fully saturated rings. The second kappa shape index (κ2) is 5.75. The number of methoxy groups -OCH3 is 1. The number of nitrogens with zero attached hydrogens (tertiary/aromatic N) is 1. The molecule has 7 heteroatoms. The van der Waals surface area contributed by atoms with Crippen LogP contribution in [0, 0.1) is 0 Å². The molecule has 1 aromatic heterocycles. The molecular weight excluding hydrogens is 344 g/mol. The summed E-state index contributed by atoms with van der Waals surface area (Å²) in [6.45, 7) is 1.82. The Bertz CT molecular complexity index is 889. The highest BCUT2D eigenvalue weighted by atomic mass is 32.2. The fraction of sp³-hybridized carbons (Fsp3) is 0.412. The Labute approximate surface area is 146 Å². The first-order chi connectivity index (χ1) is 11.5. The lowest BCUT2D eigenvalue weighted by molar-refractivity contribution is 0.160. The van der Waals surface area contributed by atoms with Crippen LogP contribution in [-0.2, 0) is 29.4 Å². The van der Waals surface area contributed by atoms with E-state index in [2.05, 4.69) is 21.1 Å². The molecule has 0 saturated carbocycles. The summed E-state index contributed by atoms with van der Waals surface area (Å²) in [6.07, 6.45) is 3.18. The zero-order valence-electron chi connectivity index (χ0n) is 13.7. The smallest absolute Gasteiger partial charge is 0.229 e. The SMILES string of the molecule is COc1c(NS(C)(=O)=O)ccc2c1CN1CCc3sccc3C1C2. The number of hydrogen-bond acceptors (Lipinski definition) is 5. The van der Waals surface area contributed by atoms with Crippen molar-refractivity contribution in [1.82, 2.24) is 4.90 Å². The third-order valence-electron chi connectivity index (χ3n) is 4.84. The van der Waals surface area contributed by atoms with Gasteiger partial charge >= 0.3 is 0 Å². The van der Waals surface area contributed by atoms with Crippen molar-refractivity contribution < 1.29 is 13.2 Å². The van der Waals surface area contributed by atoms with Gasteiger partial charge in [-0.15, -0.1) is 11.3 Å². The monoisotopic (exact) mass is 364 g/mol. The fourth-order valence-electron chi connectivity index (χ4n) is 3.83. The van der Waals surface area contributed by atoms with E-state index >= 15 is 0 Å². The van der Waals surface area contributed by atoms with Crippen LogP contribution >= 0.6 is 11.3 Å². The fourth-order valence-corrected chi connectivity index (χ4v) is 5.32. The van der Waals surface area contributed by atoms with Crippen LogP contribution in [0.2, 0.25) is 0 Å². The normalized spacial score (nSPS) is 20.0. The summed E-state index contributed by atoms with van der Waals surface area (Å²) in [7, 11) is -1.73. The maximum atomic E-state index is 11.6. The molecule has 3 heterocycles. The van der Waals surface area contributed by atoms with Gasteiger partial charge in [-0.3, -0.25) is 9.62 Å². The number of ether oxygens (including phenoxy) is 1. The summed E-state index contributed by atoms with van der Waals surface area (Å²) >= 11 is 1.85. The van der Waals surface area contributed by atoms with E-state index in [1.165, 1.54) is 16.0 Å². The molecule has 1 unspecified atom stereocenters. The molecule has 2 aliphatic heterocycles. The van der Waals surface area contributed by atoms with Crippen molar-refractivity contribution >= 4 is 27.0 Å². The van der Waals surface area contributed by atoms with Crippen molar-refractivity contribution in [1.29, 1.82) is 0 Å². The van der Waals surface area contributed by atoms with Gasteiger partial charge in [-0.05, 0) is 41.5 Å². The molecule has 0 amide bonds. The van der Waals surface area contributed by atoms with Crippen LogP contribution in [0.25, 0.3) is 0 Å². The number of fused-ring (bicyclic) bond motifs is 4. The predicted molar refractivity (Wildman–Crippen MR) is 96.3 cm³/mol. The average molecular weight is 364 g/mol. The van der Waals surface area contributed by atoms with Crippen LogP contribution in [0.4, 0.5) is 5.69 Å². The quantitative estimate of drug-likeness (QED) is 0.910. The van der Waals surface area contributed by atoms with Gasteiger partial charge in [-0.25, -0.2) is 8.42 Å². The van der Waals surface area contributed by atoms with Gasteiger partial charge in [0.05, 0.1) is 19.1 Å². The molecule has 0 spiro atoms. The molecule has 1 aromatic carbocycles. The van der Waals surface area contributed by atoms with Crippen LogP contribution < -0.4 is 9.46 Å². The third kappa shape index (κ3) is 2.70. The Morgan fingerprint density at radius 1 is 1.33 bits per heavy atom. The molecule has 2 aliphatic rings. The minimum absolute atomic E-state index is 0.422. The Morgan fingerprint density at radius 3 is 2.92 bits per heavy atom. The second-order valence-electron chi connectivity index (χ2n) is 6.40. The van der Waals surface area contributed by atoms with Gasteiger partial charge in [0.2, 0.25) is 10.0 Å². The molecule has 0 bridgehead atoms. The summed E-state index contributed by atoms with van der Waals surface area (Å²) < 4.78 is 31.3. The summed E-state index contributed by atoms with van der Waals surface area (Å²) in [5, 5.41) is 2.18. The van der Waals surface area contributed by atoms with Crippen molar-refractivity contribution in [2.75, 3.05) is 24.6 Å². The Kier molecular flexibility index (Phi) is 3.82. The van der Waals surface area contributed by atoms with Crippen molar-refractivity contribution in [3.8, 4) is 5.75 Å². The maximum Gasteiger partial charge on any atom is 0.229 e. The summed E-state index contributed by atoms with van der Waals surface area (Å²) in [5.74, 6) is 0.646. The number of sulfonamides is 1. The number of hydrogen-bond donors (Lipinski definition) is 1. The lowest BCUT2D eigenvalue weighted by atomic mass is 9.86. The van der Waals surface area contributed by atoms with Crippen molar-refractivity contribution in [2.24, 2.45) is 0 Å². The molecule has 24 heavy (non-hydrogen) atoms. The van der Waals surface area contributed by atoms with E-state index in [0.717, 1.165) is 37.8 Å². The Hall–Kier alpha value is -1.57. The number of rotatable bonds is 3. The zero-order chi connectivity index (χ0) is 16.9. The van der Waals surface area contributed by atoms with Gasteiger partial charge in [0, 0.05) is 29.6 Å². The lowest BCUT2D eigenvalue weighted by Crippen LogP contribution is -2.38. The second-order valence-corrected chi connectivity index (χ2v) is 9.15. The highest BCUT2D eigenvalue weighted by Crippen LogP contribution is 2.44. The van der Waals surface area contributed by atoms with Crippen molar-refractivity contribution in [2.45, 2.75) is 25.4 Å². The van der Waals surface area contributed by atoms with E-state index in [1.807, 2.05) is 23.5 Å². The van der Waals surface area contributed by atoms with Crippen LogP contribution in [0.1, 0.15) is 27.6 Å². The van der Waals surface area contributed by atoms with Gasteiger partial charge in [-0.2, -0.15) is 0 Å². The molecular formula is C17H20N2O3S2. The molecule has 1 atom stereocenters. The first-order valence-corrected chi connectivity index (χ1v) is 10.7. The number of nitrogens with one attached hydrogen (secondary N) is 1. The van der Waals surface area contributed by atoms with Gasteiger partial charge in [-0.1, -0.05) is 6.07 Å². The van der Waals surface area contributed by atoms with Crippen LogP contribution in [-0.4, -0.2) is 33.2 Å². The number of benzene rings is 1. The summed E-state index contributed by atoms with van der Waals surface area (Å²) in [6, 6.07) is 6.51. The van der Waals surface area contributed by atoms with Crippen LogP contribution in [0.5, 0.6) is 5.75 Å². The van der Waals surface area contributed by atoms with Gasteiger partial charge < -0.3 is 4.74 Å². The van der Waals surface area contributed by atoms with Gasteiger partial charge in [0.1, 0.15) is 5.75 Å². The number of anilines is 1. The predicted octanol–water partition coefficient (Wildman–Crippen LogP) is 2.78. The van der Waals surface area contributed by atoms with Crippen molar-refractivity contribution in [3.05, 3.63) is 45.1 Å². The van der Waals surface area contributed by atoms with E-state index in [0.29, 0.717) is 17.5 Å². The highest BCUT2D eigenvalue weighted by Gasteiger charge is 2.34. The van der Waals surface area contributed by atoms with Gasteiger partial charge in [0.15, 0.2) is 0 Å². The standard InChI is InChI=1S/C17H20N2O3S2/c1-22-17-13-10-19-7-5-16-12(6-8-23-16)15(19)9-11(13)3-4-14(17)18-24(2,20)21/h3-4,6,8,15,18H,5,7,9-10H2,1-2H3. The third-order valence-corrected chi connectivity index (χ3v) is 6.42. The Balaban J connectivity index is 1.75. The maximum absolute atomic E-state index is 11.6. The molecule has 1 N–H and O–H groups in total. The van der Waals surface area contributed by atoms with Crippen LogP contribution in [0.3, 0.4) is 0 Å². The molecule has 4 rings (SSSR count). The van der Waals surface area contributed by atoms with Gasteiger partial charge in [0.25, 0.3) is 0 Å². The largest absolute Gasteiger partial charge is 0.494 e. The first-order valence-electron chi connectivity index (χ1n) is 7.93. The highest BCUT2D eigenvalue weighted by molar-refractivity contribution is 7.92. The van der Waals surface area contributed by atoms with E-state index < -0.39 is 10.0 Å². The first kappa shape index (κ1) is 15.9. The summed E-state index contributed by atoms with van der Waals surface area (Å²) in [4.78, 5) is 3.98. The molecule has 128 valence electrons. The number of thiophene rings is 1. The molecule has 0 radical (unpaired) electrons. The summed E-state index contributed by atoms with van der Waals surface area (Å²) in [5.41, 5.74) is 4.31. The molecule has 2 aromatic rings. The molecule has 0 saturated heterocycles. The molecule has 0 aliphatic carbocycles. The zero-order valence-corrected chi connectivity index (χ0v) is 15.3. The van der Waals surface area contributed by atoms with E-state index in [4.69, 9.17) is 4.74 Å². The van der Waals surface area contributed by atoms with E-state index in [1.54, 1.807) is 7.11 Å². The van der Waals surface area contributed by atoms with E-state index in [-0.39, 0.29) is 0 Å². The Morgan fingerprint density at radius 2 is 2.17 bits per heavy atom. The average Bonchev–Trinajstić information content (AvgIpc) is 3.00. The minimum Gasteiger partial charge on any atom is -0.494 e. The molecule has 5 nitrogen and oxygen atoms in total. The van der Waals surface area contributed by atoms with E-state index in [9.17, 15) is 8.42 Å². The lowest BCUT2D eigenvalue weighted by Gasteiger charge is -2.40. The minimum atomic E-state index is -3.33. The van der Waals surface area contributed by atoms with Crippen LogP contribution in [0.15, 0.2) is 23.6 Å². The van der Waals surface area contributed by atoms with Crippen molar-refractivity contribution in [3.63, 3.8) is 0 Å². The topological polar surface area (TPSA) is 58.6 Å².